The molecule has 3 heteroatoms. The molecule has 0 saturated carbocycles. The average molecular weight is 214 g/mol. The topological polar surface area (TPSA) is 57.5 Å². The number of carbonyl (C=O) groups is 1. The van der Waals surface area contributed by atoms with Crippen molar-refractivity contribution in [3.05, 3.63) is 11.6 Å². The van der Waals surface area contributed by atoms with Crippen molar-refractivity contribution in [1.82, 2.24) is 0 Å². The van der Waals surface area contributed by atoms with Gasteiger partial charge in [0.15, 0.2) is 0 Å². The zero-order valence-electron chi connectivity index (χ0n) is 9.70. The lowest BCUT2D eigenvalue weighted by molar-refractivity contribution is -0.136. The van der Waals surface area contributed by atoms with Crippen molar-refractivity contribution in [2.24, 2.45) is 5.92 Å². The predicted molar refractivity (Wildman–Crippen MR) is 60.7 cm³/mol. The normalized spacial score (nSPS) is 13.9. The van der Waals surface area contributed by atoms with Crippen LogP contribution in [-0.4, -0.2) is 22.8 Å². The summed E-state index contributed by atoms with van der Waals surface area (Å²) in [7, 11) is 0. The van der Waals surface area contributed by atoms with Gasteiger partial charge in [-0.25, -0.2) is 0 Å². The van der Waals surface area contributed by atoms with Crippen LogP contribution in [0.4, 0.5) is 0 Å². The molecular weight excluding hydrogens is 192 g/mol. The standard InChI is InChI=1S/C12H22O3/c1-10(6-7-12(14)15)4-3-5-11(2)8-9-13/h4,11,13H,3,5-9H2,1-2H3,(H,14,15)/b10-4-. The fourth-order valence-corrected chi connectivity index (χ4v) is 1.39. The fraction of sp³-hybridized carbons (Fsp3) is 0.750. The minimum Gasteiger partial charge on any atom is -0.481 e. The van der Waals surface area contributed by atoms with Crippen LogP contribution in [0.2, 0.25) is 0 Å². The first kappa shape index (κ1) is 14.2. The van der Waals surface area contributed by atoms with Gasteiger partial charge in [-0.15, -0.1) is 0 Å². The van der Waals surface area contributed by atoms with Crippen molar-refractivity contribution < 1.29 is 15.0 Å². The van der Waals surface area contributed by atoms with Crippen molar-refractivity contribution in [2.45, 2.75) is 46.0 Å². The highest BCUT2D eigenvalue weighted by atomic mass is 16.4. The van der Waals surface area contributed by atoms with Gasteiger partial charge >= 0.3 is 5.97 Å². The maximum atomic E-state index is 10.3. The molecule has 0 aliphatic heterocycles. The Labute approximate surface area is 91.8 Å². The Hall–Kier alpha value is -0.830. The highest BCUT2D eigenvalue weighted by Gasteiger charge is 2.00. The van der Waals surface area contributed by atoms with Gasteiger partial charge in [0, 0.05) is 13.0 Å². The van der Waals surface area contributed by atoms with Crippen LogP contribution in [0.25, 0.3) is 0 Å². The van der Waals surface area contributed by atoms with E-state index < -0.39 is 5.97 Å². The van der Waals surface area contributed by atoms with Gasteiger partial charge in [-0.2, -0.15) is 0 Å². The molecule has 0 spiro atoms. The number of allylic oxidation sites excluding steroid dienone is 2. The maximum absolute atomic E-state index is 10.3. The summed E-state index contributed by atoms with van der Waals surface area (Å²) in [5, 5.41) is 17.2. The molecular formula is C12H22O3. The van der Waals surface area contributed by atoms with Crippen LogP contribution in [0.5, 0.6) is 0 Å². The van der Waals surface area contributed by atoms with Gasteiger partial charge in [0.2, 0.25) is 0 Å². The molecule has 3 nitrogen and oxygen atoms in total. The minimum absolute atomic E-state index is 0.217. The second kappa shape index (κ2) is 8.48. The summed E-state index contributed by atoms with van der Waals surface area (Å²) >= 11 is 0. The van der Waals surface area contributed by atoms with Gasteiger partial charge in [0.1, 0.15) is 0 Å². The number of carboxylic acids is 1. The van der Waals surface area contributed by atoms with Crippen LogP contribution in [0.15, 0.2) is 11.6 Å². The molecule has 0 saturated heterocycles. The third-order valence-corrected chi connectivity index (χ3v) is 2.51. The largest absolute Gasteiger partial charge is 0.481 e. The number of carboxylic acid groups (broad SMARTS) is 1. The quantitative estimate of drug-likeness (QED) is 0.611. The lowest BCUT2D eigenvalue weighted by Gasteiger charge is -2.07. The molecule has 0 amide bonds. The van der Waals surface area contributed by atoms with Gasteiger partial charge in [0.05, 0.1) is 0 Å². The Bertz CT molecular complexity index is 209. The smallest absolute Gasteiger partial charge is 0.303 e. The molecule has 0 aliphatic carbocycles. The number of hydrogen-bond acceptors (Lipinski definition) is 2. The summed E-state index contributed by atoms with van der Waals surface area (Å²) in [4.78, 5) is 10.3. The molecule has 0 aromatic rings. The van der Waals surface area contributed by atoms with E-state index in [9.17, 15) is 4.79 Å². The number of aliphatic carboxylic acids is 1. The Balaban J connectivity index is 3.61. The molecule has 0 aliphatic rings. The van der Waals surface area contributed by atoms with E-state index >= 15 is 0 Å². The number of rotatable bonds is 8. The minimum atomic E-state index is -0.739. The molecule has 0 fully saturated rings. The van der Waals surface area contributed by atoms with E-state index in [1.54, 1.807) is 0 Å². The second-order valence-electron chi connectivity index (χ2n) is 4.14. The molecule has 2 N–H and O–H groups in total. The Kier molecular flexibility index (Phi) is 8.01. The number of hydrogen-bond donors (Lipinski definition) is 2. The average Bonchev–Trinajstić information content (AvgIpc) is 2.15. The van der Waals surface area contributed by atoms with E-state index in [-0.39, 0.29) is 13.0 Å². The van der Waals surface area contributed by atoms with Gasteiger partial charge in [0.25, 0.3) is 0 Å². The van der Waals surface area contributed by atoms with E-state index in [0.29, 0.717) is 12.3 Å². The van der Waals surface area contributed by atoms with Crippen molar-refractivity contribution in [2.75, 3.05) is 6.61 Å². The first-order chi connectivity index (χ1) is 7.06. The lowest BCUT2D eigenvalue weighted by Crippen LogP contribution is -1.97. The van der Waals surface area contributed by atoms with E-state index in [4.69, 9.17) is 10.2 Å². The zero-order chi connectivity index (χ0) is 11.7. The van der Waals surface area contributed by atoms with Crippen LogP contribution in [0.3, 0.4) is 0 Å². The molecule has 1 unspecified atom stereocenters. The summed E-state index contributed by atoms with van der Waals surface area (Å²) in [6.07, 6.45) is 5.86. The van der Waals surface area contributed by atoms with Gasteiger partial charge in [-0.1, -0.05) is 18.6 Å². The highest BCUT2D eigenvalue weighted by Crippen LogP contribution is 2.12. The first-order valence-electron chi connectivity index (χ1n) is 5.54. The van der Waals surface area contributed by atoms with Crippen molar-refractivity contribution >= 4 is 5.97 Å². The third kappa shape index (κ3) is 9.47. The molecule has 1 atom stereocenters. The first-order valence-corrected chi connectivity index (χ1v) is 5.54. The van der Waals surface area contributed by atoms with E-state index in [0.717, 1.165) is 24.8 Å². The van der Waals surface area contributed by atoms with Crippen LogP contribution >= 0.6 is 0 Å². The van der Waals surface area contributed by atoms with Crippen molar-refractivity contribution in [1.29, 1.82) is 0 Å². The van der Waals surface area contributed by atoms with Crippen LogP contribution in [0.1, 0.15) is 46.0 Å². The van der Waals surface area contributed by atoms with E-state index in [1.165, 1.54) is 0 Å². The molecule has 0 aromatic heterocycles. The molecule has 0 aromatic carbocycles. The van der Waals surface area contributed by atoms with Gasteiger partial charge in [-0.3, -0.25) is 4.79 Å². The Morgan fingerprint density at radius 1 is 1.33 bits per heavy atom. The van der Waals surface area contributed by atoms with Gasteiger partial charge < -0.3 is 10.2 Å². The van der Waals surface area contributed by atoms with Crippen LogP contribution in [0, 0.1) is 5.92 Å². The molecule has 0 radical (unpaired) electrons. The van der Waals surface area contributed by atoms with Gasteiger partial charge in [-0.05, 0) is 38.5 Å². The lowest BCUT2D eigenvalue weighted by atomic mass is 10.0. The summed E-state index contributed by atoms with van der Waals surface area (Å²) in [5.74, 6) is -0.199. The molecule has 88 valence electrons. The van der Waals surface area contributed by atoms with Crippen LogP contribution < -0.4 is 0 Å². The SMILES string of the molecule is C/C(=C/CCC(C)CCO)CCC(=O)O. The Morgan fingerprint density at radius 3 is 2.53 bits per heavy atom. The number of aliphatic hydroxyl groups is 1. The maximum Gasteiger partial charge on any atom is 0.303 e. The number of aliphatic hydroxyl groups excluding tert-OH is 1. The highest BCUT2D eigenvalue weighted by molar-refractivity contribution is 5.66. The summed E-state index contributed by atoms with van der Waals surface area (Å²) < 4.78 is 0. The summed E-state index contributed by atoms with van der Waals surface area (Å²) in [6, 6.07) is 0. The Morgan fingerprint density at radius 2 is 2.00 bits per heavy atom. The molecule has 15 heavy (non-hydrogen) atoms. The fourth-order valence-electron chi connectivity index (χ4n) is 1.39. The molecule has 0 heterocycles. The summed E-state index contributed by atoms with van der Waals surface area (Å²) in [6.45, 7) is 4.35. The summed E-state index contributed by atoms with van der Waals surface area (Å²) in [5.41, 5.74) is 1.15. The van der Waals surface area contributed by atoms with E-state index in [2.05, 4.69) is 13.0 Å². The van der Waals surface area contributed by atoms with Crippen LogP contribution in [-0.2, 0) is 4.79 Å². The third-order valence-electron chi connectivity index (χ3n) is 2.51. The monoisotopic (exact) mass is 214 g/mol. The molecule has 0 rings (SSSR count). The molecule has 0 bridgehead atoms. The van der Waals surface area contributed by atoms with Crippen molar-refractivity contribution in [3.63, 3.8) is 0 Å². The predicted octanol–water partition coefficient (Wildman–Crippen LogP) is 2.60. The van der Waals surface area contributed by atoms with E-state index in [1.807, 2.05) is 6.92 Å². The van der Waals surface area contributed by atoms with Crippen molar-refractivity contribution in [3.8, 4) is 0 Å². The zero-order valence-corrected chi connectivity index (χ0v) is 9.70. The second-order valence-corrected chi connectivity index (χ2v) is 4.14.